The maximum atomic E-state index is 12.4. The average Bonchev–Trinajstić information content (AvgIpc) is 2.84. The van der Waals surface area contributed by atoms with E-state index >= 15 is 0 Å². The van der Waals surface area contributed by atoms with Crippen molar-refractivity contribution in [2.45, 2.75) is 20.8 Å². The molecule has 10 heteroatoms. The van der Waals surface area contributed by atoms with Crippen molar-refractivity contribution in [2.24, 2.45) is 5.10 Å². The molecule has 0 heterocycles. The van der Waals surface area contributed by atoms with E-state index in [1.807, 2.05) is 51.1 Å². The number of aryl methyl sites for hydroxylation is 3. The van der Waals surface area contributed by atoms with Gasteiger partial charge in [0.1, 0.15) is 12.3 Å². The van der Waals surface area contributed by atoms with Crippen LogP contribution in [-0.4, -0.2) is 45.9 Å². The summed E-state index contributed by atoms with van der Waals surface area (Å²) < 4.78 is 31.1. The molecular formula is C27H30N4O5S. The zero-order chi connectivity index (χ0) is 27.0. The van der Waals surface area contributed by atoms with Gasteiger partial charge in [-0.25, -0.2) is 13.8 Å². The minimum atomic E-state index is -3.68. The van der Waals surface area contributed by atoms with Crippen molar-refractivity contribution >= 4 is 39.4 Å². The fraction of sp³-hybridized carbons (Fsp3) is 0.222. The summed E-state index contributed by atoms with van der Waals surface area (Å²) in [5, 5.41) is 6.67. The molecule has 3 rings (SSSR count). The van der Waals surface area contributed by atoms with Crippen molar-refractivity contribution in [3.63, 3.8) is 0 Å². The monoisotopic (exact) mass is 522 g/mol. The van der Waals surface area contributed by atoms with Crippen molar-refractivity contribution in [1.29, 1.82) is 0 Å². The van der Waals surface area contributed by atoms with Crippen LogP contribution >= 0.6 is 0 Å². The summed E-state index contributed by atoms with van der Waals surface area (Å²) in [6.45, 7) is 5.22. The summed E-state index contributed by atoms with van der Waals surface area (Å²) in [5.74, 6) is -0.363. The first-order valence-electron chi connectivity index (χ1n) is 11.5. The SMILES string of the molecule is Cc1ccc(NC(=O)COc2ccc(/C=N\NC(=O)CN(c3ccc(C)c(C)c3)S(C)(=O)=O)cc2)cc1. The highest BCUT2D eigenvalue weighted by Crippen LogP contribution is 2.21. The van der Waals surface area contributed by atoms with E-state index in [1.165, 1.54) is 6.21 Å². The van der Waals surface area contributed by atoms with Gasteiger partial charge in [-0.05, 0) is 86.0 Å². The Labute approximate surface area is 217 Å². The lowest BCUT2D eigenvalue weighted by atomic mass is 10.1. The lowest BCUT2D eigenvalue weighted by Crippen LogP contribution is -2.39. The molecule has 0 aliphatic heterocycles. The molecule has 0 radical (unpaired) electrons. The molecule has 0 aromatic heterocycles. The summed E-state index contributed by atoms with van der Waals surface area (Å²) in [6.07, 6.45) is 2.47. The van der Waals surface area contributed by atoms with Gasteiger partial charge in [0.05, 0.1) is 18.2 Å². The lowest BCUT2D eigenvalue weighted by Gasteiger charge is -2.22. The van der Waals surface area contributed by atoms with E-state index in [1.54, 1.807) is 36.4 Å². The Balaban J connectivity index is 1.50. The molecule has 9 nitrogen and oxygen atoms in total. The highest BCUT2D eigenvalue weighted by atomic mass is 32.2. The van der Waals surface area contributed by atoms with Crippen LogP contribution in [0.15, 0.2) is 71.8 Å². The number of hydrogen-bond donors (Lipinski definition) is 2. The average molecular weight is 523 g/mol. The molecule has 0 fully saturated rings. The molecule has 3 aromatic rings. The number of sulfonamides is 1. The summed E-state index contributed by atoms with van der Waals surface area (Å²) in [4.78, 5) is 24.4. The molecule has 194 valence electrons. The fourth-order valence-electron chi connectivity index (χ4n) is 3.26. The zero-order valence-electron chi connectivity index (χ0n) is 21.2. The van der Waals surface area contributed by atoms with E-state index in [0.29, 0.717) is 22.7 Å². The number of carbonyl (C=O) groups excluding carboxylic acids is 2. The number of hydrogen-bond acceptors (Lipinski definition) is 6. The van der Waals surface area contributed by atoms with Crippen LogP contribution < -0.4 is 19.8 Å². The summed E-state index contributed by atoms with van der Waals surface area (Å²) >= 11 is 0. The van der Waals surface area contributed by atoms with Gasteiger partial charge in [0, 0.05) is 5.69 Å². The van der Waals surface area contributed by atoms with Crippen LogP contribution in [0, 0.1) is 20.8 Å². The minimum Gasteiger partial charge on any atom is -0.484 e. The van der Waals surface area contributed by atoms with Crippen LogP contribution in [0.25, 0.3) is 0 Å². The van der Waals surface area contributed by atoms with Crippen LogP contribution in [0.2, 0.25) is 0 Å². The van der Waals surface area contributed by atoms with Crippen LogP contribution in [0.5, 0.6) is 5.75 Å². The number of ether oxygens (including phenoxy) is 1. The largest absolute Gasteiger partial charge is 0.484 e. The summed E-state index contributed by atoms with van der Waals surface area (Å²) in [7, 11) is -3.68. The number of amides is 2. The van der Waals surface area contributed by atoms with Crippen LogP contribution in [0.1, 0.15) is 22.3 Å². The number of rotatable bonds is 10. The molecule has 0 saturated carbocycles. The normalized spacial score (nSPS) is 11.2. The molecule has 0 aliphatic carbocycles. The summed E-state index contributed by atoms with van der Waals surface area (Å²) in [6, 6.07) is 19.4. The molecule has 2 N–H and O–H groups in total. The molecule has 0 saturated heterocycles. The molecule has 0 spiro atoms. The van der Waals surface area contributed by atoms with Gasteiger partial charge < -0.3 is 10.1 Å². The first kappa shape index (κ1) is 27.4. The number of hydrazone groups is 1. The highest BCUT2D eigenvalue weighted by molar-refractivity contribution is 7.92. The second-order valence-corrected chi connectivity index (χ2v) is 10.5. The second kappa shape index (κ2) is 12.2. The first-order chi connectivity index (χ1) is 17.5. The van der Waals surface area contributed by atoms with E-state index < -0.39 is 22.5 Å². The van der Waals surface area contributed by atoms with Gasteiger partial charge in [0.25, 0.3) is 11.8 Å². The van der Waals surface area contributed by atoms with E-state index in [0.717, 1.165) is 27.3 Å². The van der Waals surface area contributed by atoms with Crippen LogP contribution in [-0.2, 0) is 19.6 Å². The maximum absolute atomic E-state index is 12.4. The Bertz CT molecular complexity index is 1390. The van der Waals surface area contributed by atoms with Gasteiger partial charge in [0.2, 0.25) is 10.0 Å². The van der Waals surface area contributed by atoms with Gasteiger partial charge in [0.15, 0.2) is 6.61 Å². The molecule has 37 heavy (non-hydrogen) atoms. The molecule has 0 aliphatic rings. The van der Waals surface area contributed by atoms with E-state index in [4.69, 9.17) is 4.74 Å². The van der Waals surface area contributed by atoms with E-state index in [9.17, 15) is 18.0 Å². The van der Waals surface area contributed by atoms with Crippen LogP contribution in [0.3, 0.4) is 0 Å². The predicted octanol–water partition coefficient (Wildman–Crippen LogP) is 3.55. The van der Waals surface area contributed by atoms with E-state index in [-0.39, 0.29) is 12.5 Å². The minimum absolute atomic E-state index is 0.144. The lowest BCUT2D eigenvalue weighted by molar-refractivity contribution is -0.119. The Hall–Kier alpha value is -4.18. The van der Waals surface area contributed by atoms with E-state index in [2.05, 4.69) is 15.8 Å². The third kappa shape index (κ3) is 8.46. The number of benzene rings is 3. The third-order valence-electron chi connectivity index (χ3n) is 5.45. The van der Waals surface area contributed by atoms with Gasteiger partial charge in [-0.1, -0.05) is 23.8 Å². The Morgan fingerprint density at radius 2 is 1.59 bits per heavy atom. The maximum Gasteiger partial charge on any atom is 0.262 e. The van der Waals surface area contributed by atoms with Crippen molar-refractivity contribution in [1.82, 2.24) is 5.43 Å². The second-order valence-electron chi connectivity index (χ2n) is 8.60. The quantitative estimate of drug-likeness (QED) is 0.312. The molecule has 3 aromatic carbocycles. The number of nitrogens with zero attached hydrogens (tertiary/aromatic N) is 2. The summed E-state index contributed by atoms with van der Waals surface area (Å²) in [5.41, 5.74) is 7.17. The standard InChI is InChI=1S/C27H30N4O5S/c1-19-5-10-23(11-6-19)29-27(33)18-36-25-13-8-22(9-14-25)16-28-30-26(32)17-31(37(4,34)35)24-12-7-20(2)21(3)15-24/h5-16H,17-18H2,1-4H3,(H,29,33)(H,30,32)/b28-16-. The molecule has 2 amide bonds. The van der Waals surface area contributed by atoms with Gasteiger partial charge in [-0.15, -0.1) is 0 Å². The Kier molecular flexibility index (Phi) is 9.02. The van der Waals surface area contributed by atoms with Gasteiger partial charge in [-0.3, -0.25) is 13.9 Å². The third-order valence-corrected chi connectivity index (χ3v) is 6.59. The first-order valence-corrected chi connectivity index (χ1v) is 13.3. The van der Waals surface area contributed by atoms with Gasteiger partial charge in [-0.2, -0.15) is 5.10 Å². The number of nitrogens with one attached hydrogen (secondary N) is 2. The Morgan fingerprint density at radius 3 is 2.22 bits per heavy atom. The zero-order valence-corrected chi connectivity index (χ0v) is 22.0. The van der Waals surface area contributed by atoms with Crippen molar-refractivity contribution in [3.05, 3.63) is 89.0 Å². The number of carbonyl (C=O) groups is 2. The van der Waals surface area contributed by atoms with Crippen molar-refractivity contribution in [3.8, 4) is 5.75 Å². The molecule has 0 unspecified atom stereocenters. The topological polar surface area (TPSA) is 117 Å². The van der Waals surface area contributed by atoms with Crippen LogP contribution in [0.4, 0.5) is 11.4 Å². The highest BCUT2D eigenvalue weighted by Gasteiger charge is 2.21. The molecule has 0 atom stereocenters. The smallest absolute Gasteiger partial charge is 0.262 e. The predicted molar refractivity (Wildman–Crippen MR) is 146 cm³/mol. The van der Waals surface area contributed by atoms with Crippen molar-refractivity contribution < 1.29 is 22.7 Å². The molecule has 0 bridgehead atoms. The fourth-order valence-corrected chi connectivity index (χ4v) is 4.11. The Morgan fingerprint density at radius 1 is 0.919 bits per heavy atom. The van der Waals surface area contributed by atoms with Gasteiger partial charge >= 0.3 is 0 Å². The molecular weight excluding hydrogens is 492 g/mol. The number of anilines is 2. The van der Waals surface area contributed by atoms with Crippen molar-refractivity contribution in [2.75, 3.05) is 29.0 Å².